The van der Waals surface area contributed by atoms with E-state index in [1.54, 1.807) is 0 Å². The number of nitrogens with one attached hydrogen (secondary N) is 1. The zero-order valence-electron chi connectivity index (χ0n) is 6.77. The molecule has 1 radical (unpaired) electrons. The van der Waals surface area contributed by atoms with Crippen molar-refractivity contribution in [3.05, 3.63) is 27.9 Å². The molecule has 0 aliphatic rings. The molecule has 0 saturated carbocycles. The summed E-state index contributed by atoms with van der Waals surface area (Å²) in [6, 6.07) is 0. The molecule has 0 aromatic carbocycles. The molecule has 1 heterocycles. The SMILES string of the molecule is CCc1n[c][nH]c(=O)c1CC. The van der Waals surface area contributed by atoms with Crippen molar-refractivity contribution in [2.75, 3.05) is 0 Å². The van der Waals surface area contributed by atoms with E-state index in [9.17, 15) is 4.79 Å². The summed E-state index contributed by atoms with van der Waals surface area (Å²) in [7, 11) is 0. The van der Waals surface area contributed by atoms with Gasteiger partial charge in [0.25, 0.3) is 5.56 Å². The van der Waals surface area contributed by atoms with Crippen molar-refractivity contribution in [1.29, 1.82) is 0 Å². The smallest absolute Gasteiger partial charge is 0.254 e. The second-order valence-electron chi connectivity index (χ2n) is 2.31. The third-order valence-corrected chi connectivity index (χ3v) is 1.67. The van der Waals surface area contributed by atoms with Crippen LogP contribution in [0, 0.1) is 6.33 Å². The molecule has 0 saturated heterocycles. The van der Waals surface area contributed by atoms with Crippen LogP contribution in [0.2, 0.25) is 0 Å². The van der Waals surface area contributed by atoms with E-state index in [0.29, 0.717) is 0 Å². The van der Waals surface area contributed by atoms with E-state index in [-0.39, 0.29) is 5.56 Å². The van der Waals surface area contributed by atoms with Crippen LogP contribution in [0.25, 0.3) is 0 Å². The molecular formula is C8H11N2O. The van der Waals surface area contributed by atoms with Gasteiger partial charge in [-0.3, -0.25) is 4.79 Å². The number of hydrogen-bond donors (Lipinski definition) is 1. The highest BCUT2D eigenvalue weighted by Crippen LogP contribution is 1.99. The minimum atomic E-state index is -0.0562. The molecule has 1 rings (SSSR count). The van der Waals surface area contributed by atoms with E-state index in [1.807, 2.05) is 13.8 Å². The quantitative estimate of drug-likeness (QED) is 0.676. The molecule has 1 N–H and O–H groups in total. The maximum absolute atomic E-state index is 11.1. The summed E-state index contributed by atoms with van der Waals surface area (Å²) in [4.78, 5) is 17.5. The summed E-state index contributed by atoms with van der Waals surface area (Å²) in [6.07, 6.45) is 4.00. The molecule has 0 aliphatic heterocycles. The highest BCUT2D eigenvalue weighted by molar-refractivity contribution is 5.15. The van der Waals surface area contributed by atoms with Crippen molar-refractivity contribution < 1.29 is 0 Å². The van der Waals surface area contributed by atoms with Crippen LogP contribution in [0.1, 0.15) is 25.1 Å². The molecule has 3 heteroatoms. The second kappa shape index (κ2) is 3.32. The number of rotatable bonds is 2. The van der Waals surface area contributed by atoms with Crippen molar-refractivity contribution in [2.24, 2.45) is 0 Å². The first-order chi connectivity index (χ1) is 5.29. The third kappa shape index (κ3) is 1.48. The Kier molecular flexibility index (Phi) is 2.41. The van der Waals surface area contributed by atoms with Gasteiger partial charge in [0.2, 0.25) is 0 Å². The molecule has 0 atom stereocenters. The van der Waals surface area contributed by atoms with Gasteiger partial charge in [0.15, 0.2) is 6.33 Å². The number of hydrogen-bond acceptors (Lipinski definition) is 2. The van der Waals surface area contributed by atoms with Crippen LogP contribution in [-0.4, -0.2) is 9.97 Å². The lowest BCUT2D eigenvalue weighted by atomic mass is 10.1. The molecule has 0 fully saturated rings. The van der Waals surface area contributed by atoms with E-state index in [4.69, 9.17) is 0 Å². The van der Waals surface area contributed by atoms with Gasteiger partial charge in [-0.1, -0.05) is 13.8 Å². The Morgan fingerprint density at radius 2 is 2.18 bits per heavy atom. The summed E-state index contributed by atoms with van der Waals surface area (Å²) in [6.45, 7) is 3.93. The van der Waals surface area contributed by atoms with Crippen LogP contribution in [0.15, 0.2) is 4.79 Å². The summed E-state index contributed by atoms with van der Waals surface area (Å²) in [5.41, 5.74) is 1.59. The minimum Gasteiger partial charge on any atom is -0.304 e. The predicted molar refractivity (Wildman–Crippen MR) is 42.4 cm³/mol. The Balaban J connectivity index is 3.24. The molecule has 0 bridgehead atoms. The average Bonchev–Trinajstić information content (AvgIpc) is 2.04. The fourth-order valence-corrected chi connectivity index (χ4v) is 1.08. The number of aromatic nitrogens is 2. The van der Waals surface area contributed by atoms with Gasteiger partial charge in [-0.2, -0.15) is 0 Å². The maximum atomic E-state index is 11.1. The molecule has 0 amide bonds. The average molecular weight is 151 g/mol. The Morgan fingerprint density at radius 3 is 2.64 bits per heavy atom. The summed E-state index contributed by atoms with van der Waals surface area (Å²) in [5, 5.41) is 0. The Hall–Kier alpha value is -1.12. The molecular weight excluding hydrogens is 140 g/mol. The van der Waals surface area contributed by atoms with Crippen molar-refractivity contribution >= 4 is 0 Å². The molecule has 11 heavy (non-hydrogen) atoms. The number of H-pyrrole nitrogens is 1. The zero-order chi connectivity index (χ0) is 8.27. The molecule has 1 aromatic heterocycles. The largest absolute Gasteiger partial charge is 0.304 e. The molecule has 0 spiro atoms. The van der Waals surface area contributed by atoms with Gasteiger partial charge >= 0.3 is 0 Å². The van der Waals surface area contributed by atoms with Gasteiger partial charge in [-0.15, -0.1) is 0 Å². The van der Waals surface area contributed by atoms with Crippen LogP contribution in [0.3, 0.4) is 0 Å². The first kappa shape index (κ1) is 7.98. The molecule has 0 unspecified atom stereocenters. The van der Waals surface area contributed by atoms with Crippen LogP contribution >= 0.6 is 0 Å². The number of nitrogens with zero attached hydrogens (tertiary/aromatic N) is 1. The molecule has 0 aliphatic carbocycles. The van der Waals surface area contributed by atoms with E-state index in [0.717, 1.165) is 24.1 Å². The monoisotopic (exact) mass is 151 g/mol. The standard InChI is InChI=1S/C8H11N2O/c1-3-6-7(4-2)9-5-10-8(6)11/h3-4H2,1-2H3,(H,9,10,11). The van der Waals surface area contributed by atoms with Crippen LogP contribution in [0.5, 0.6) is 0 Å². The van der Waals surface area contributed by atoms with Gasteiger partial charge in [-0.25, -0.2) is 4.98 Å². The second-order valence-corrected chi connectivity index (χ2v) is 2.31. The van der Waals surface area contributed by atoms with Gasteiger partial charge < -0.3 is 4.98 Å². The van der Waals surface area contributed by atoms with Crippen molar-refractivity contribution in [3.8, 4) is 0 Å². The Morgan fingerprint density at radius 1 is 1.45 bits per heavy atom. The number of aromatic amines is 1. The third-order valence-electron chi connectivity index (χ3n) is 1.67. The summed E-state index contributed by atoms with van der Waals surface area (Å²) < 4.78 is 0. The fourth-order valence-electron chi connectivity index (χ4n) is 1.08. The van der Waals surface area contributed by atoms with Crippen molar-refractivity contribution in [2.45, 2.75) is 26.7 Å². The summed E-state index contributed by atoms with van der Waals surface area (Å²) >= 11 is 0. The van der Waals surface area contributed by atoms with Gasteiger partial charge in [-0.05, 0) is 12.8 Å². The lowest BCUT2D eigenvalue weighted by molar-refractivity contribution is 0.900. The molecule has 3 nitrogen and oxygen atoms in total. The zero-order valence-corrected chi connectivity index (χ0v) is 6.77. The van der Waals surface area contributed by atoms with E-state index in [1.165, 1.54) is 0 Å². The van der Waals surface area contributed by atoms with E-state index in [2.05, 4.69) is 16.3 Å². The summed E-state index contributed by atoms with van der Waals surface area (Å²) in [5.74, 6) is 0. The molecule has 59 valence electrons. The first-order valence-electron chi connectivity index (χ1n) is 3.77. The molecule has 1 aromatic rings. The Labute approximate surface area is 65.5 Å². The lowest BCUT2D eigenvalue weighted by Crippen LogP contribution is -2.15. The van der Waals surface area contributed by atoms with Gasteiger partial charge in [0.1, 0.15) is 0 Å². The van der Waals surface area contributed by atoms with Crippen molar-refractivity contribution in [3.63, 3.8) is 0 Å². The normalized spacial score (nSPS) is 10.0. The topological polar surface area (TPSA) is 45.8 Å². The lowest BCUT2D eigenvalue weighted by Gasteiger charge is -1.99. The van der Waals surface area contributed by atoms with E-state index < -0.39 is 0 Å². The maximum Gasteiger partial charge on any atom is 0.254 e. The van der Waals surface area contributed by atoms with Crippen LogP contribution in [0.4, 0.5) is 0 Å². The van der Waals surface area contributed by atoms with Crippen molar-refractivity contribution in [1.82, 2.24) is 9.97 Å². The highest BCUT2D eigenvalue weighted by Gasteiger charge is 2.02. The first-order valence-corrected chi connectivity index (χ1v) is 3.77. The minimum absolute atomic E-state index is 0.0562. The number of aryl methyl sites for hydroxylation is 1. The van der Waals surface area contributed by atoms with Crippen LogP contribution in [-0.2, 0) is 12.8 Å². The Bertz CT molecular complexity index is 290. The fraction of sp³-hybridized carbons (Fsp3) is 0.500. The predicted octanol–water partition coefficient (Wildman–Crippen LogP) is 0.695. The highest BCUT2D eigenvalue weighted by atomic mass is 16.1. The van der Waals surface area contributed by atoms with Crippen LogP contribution < -0.4 is 5.56 Å². The van der Waals surface area contributed by atoms with Gasteiger partial charge in [0, 0.05) is 5.56 Å². The van der Waals surface area contributed by atoms with Gasteiger partial charge in [0.05, 0.1) is 5.69 Å². The van der Waals surface area contributed by atoms with E-state index >= 15 is 0 Å².